The van der Waals surface area contributed by atoms with E-state index in [1.165, 1.54) is 6.20 Å². The van der Waals surface area contributed by atoms with Crippen LogP contribution in [0.15, 0.2) is 36.7 Å². The lowest BCUT2D eigenvalue weighted by Gasteiger charge is -2.12. The highest BCUT2D eigenvalue weighted by Crippen LogP contribution is 2.36. The van der Waals surface area contributed by atoms with E-state index < -0.39 is 29.1 Å². The second kappa shape index (κ2) is 4.92. The molecule has 1 heterocycles. The van der Waals surface area contributed by atoms with Crippen molar-refractivity contribution >= 4 is 5.97 Å². The number of alkyl halides is 3. The number of aromatic carboxylic acids is 1. The maximum Gasteiger partial charge on any atom is 0.419 e. The molecule has 0 aliphatic rings. The lowest BCUT2D eigenvalue weighted by atomic mass is 9.99. The Balaban J connectivity index is 2.69. The number of halogens is 4. The second-order valence-corrected chi connectivity index (χ2v) is 3.89. The first-order valence-corrected chi connectivity index (χ1v) is 5.35. The van der Waals surface area contributed by atoms with Crippen LogP contribution < -0.4 is 0 Å². The number of aromatic nitrogens is 1. The van der Waals surface area contributed by atoms with Gasteiger partial charge in [-0.2, -0.15) is 13.2 Å². The van der Waals surface area contributed by atoms with Crippen LogP contribution in [0.5, 0.6) is 0 Å². The molecule has 20 heavy (non-hydrogen) atoms. The molecule has 3 nitrogen and oxygen atoms in total. The van der Waals surface area contributed by atoms with Crippen molar-refractivity contribution in [3.63, 3.8) is 0 Å². The van der Waals surface area contributed by atoms with E-state index in [0.29, 0.717) is 6.07 Å². The van der Waals surface area contributed by atoms with Crippen LogP contribution in [-0.2, 0) is 6.18 Å². The van der Waals surface area contributed by atoms with E-state index in [1.54, 1.807) is 0 Å². The molecule has 1 aromatic heterocycles. The summed E-state index contributed by atoms with van der Waals surface area (Å²) in [6, 6.07) is 3.86. The summed E-state index contributed by atoms with van der Waals surface area (Å²) >= 11 is 0. The average Bonchev–Trinajstić information content (AvgIpc) is 2.37. The summed E-state index contributed by atoms with van der Waals surface area (Å²) in [6.45, 7) is 0. The third kappa shape index (κ3) is 2.47. The highest BCUT2D eigenvalue weighted by Gasteiger charge is 2.35. The van der Waals surface area contributed by atoms with E-state index in [-0.39, 0.29) is 11.1 Å². The fraction of sp³-hybridized carbons (Fsp3) is 0.0769. The summed E-state index contributed by atoms with van der Waals surface area (Å²) in [7, 11) is 0. The summed E-state index contributed by atoms with van der Waals surface area (Å²) in [5.41, 5.74) is -2.40. The fourth-order valence-corrected chi connectivity index (χ4v) is 1.76. The van der Waals surface area contributed by atoms with Crippen LogP contribution in [0.25, 0.3) is 11.1 Å². The Morgan fingerprint density at radius 3 is 2.45 bits per heavy atom. The van der Waals surface area contributed by atoms with Gasteiger partial charge >= 0.3 is 12.1 Å². The molecule has 0 atom stereocenters. The molecule has 104 valence electrons. The van der Waals surface area contributed by atoms with Gasteiger partial charge in [0.05, 0.1) is 11.1 Å². The predicted molar refractivity (Wildman–Crippen MR) is 61.6 cm³/mol. The minimum Gasteiger partial charge on any atom is -0.478 e. The highest BCUT2D eigenvalue weighted by atomic mass is 19.4. The van der Waals surface area contributed by atoms with Gasteiger partial charge in [0.2, 0.25) is 0 Å². The maximum atomic E-state index is 14.0. The predicted octanol–water partition coefficient (Wildman–Crippen LogP) is 3.60. The number of pyridine rings is 1. The zero-order valence-electron chi connectivity index (χ0n) is 9.78. The molecular formula is C13H7F4NO2. The van der Waals surface area contributed by atoms with Crippen LogP contribution in [0.3, 0.4) is 0 Å². The van der Waals surface area contributed by atoms with Crippen LogP contribution in [0, 0.1) is 5.82 Å². The van der Waals surface area contributed by atoms with Crippen molar-refractivity contribution < 1.29 is 27.5 Å². The number of carboxylic acids is 1. The lowest BCUT2D eigenvalue weighted by Crippen LogP contribution is -2.09. The van der Waals surface area contributed by atoms with Crippen molar-refractivity contribution in [2.75, 3.05) is 0 Å². The van der Waals surface area contributed by atoms with Gasteiger partial charge in [-0.25, -0.2) is 9.18 Å². The Labute approximate surface area is 110 Å². The zero-order valence-corrected chi connectivity index (χ0v) is 9.78. The maximum absolute atomic E-state index is 14.0. The summed E-state index contributed by atoms with van der Waals surface area (Å²) in [4.78, 5) is 14.6. The number of carbonyl (C=O) groups is 1. The molecule has 7 heteroatoms. The summed E-state index contributed by atoms with van der Waals surface area (Å²) in [5.74, 6) is -2.90. The number of hydrogen-bond acceptors (Lipinski definition) is 2. The van der Waals surface area contributed by atoms with Crippen molar-refractivity contribution in [1.29, 1.82) is 0 Å². The normalized spacial score (nSPS) is 11.4. The fourth-order valence-electron chi connectivity index (χ4n) is 1.76. The monoisotopic (exact) mass is 285 g/mol. The Morgan fingerprint density at radius 2 is 1.85 bits per heavy atom. The molecule has 0 spiro atoms. The topological polar surface area (TPSA) is 50.2 Å². The summed E-state index contributed by atoms with van der Waals surface area (Å²) < 4.78 is 51.9. The first-order chi connectivity index (χ1) is 9.32. The molecule has 0 unspecified atom stereocenters. The number of benzene rings is 1. The quantitative estimate of drug-likeness (QED) is 0.858. The van der Waals surface area contributed by atoms with Crippen LogP contribution in [0.1, 0.15) is 15.9 Å². The van der Waals surface area contributed by atoms with Crippen molar-refractivity contribution in [2.45, 2.75) is 6.18 Å². The number of rotatable bonds is 2. The molecule has 1 aromatic carbocycles. The van der Waals surface area contributed by atoms with E-state index in [1.807, 2.05) is 0 Å². The highest BCUT2D eigenvalue weighted by molar-refractivity contribution is 5.95. The average molecular weight is 285 g/mol. The van der Waals surface area contributed by atoms with Crippen molar-refractivity contribution in [2.24, 2.45) is 0 Å². The number of carboxylic acid groups (broad SMARTS) is 1. The second-order valence-electron chi connectivity index (χ2n) is 3.89. The van der Waals surface area contributed by atoms with Crippen molar-refractivity contribution in [3.8, 4) is 11.1 Å². The standard InChI is InChI=1S/C13H7F4NO2/c14-11-8(2-1-3-10(11)13(15,16)17)7-4-5-18-6-9(7)12(19)20/h1-6H,(H,19,20). The minimum absolute atomic E-state index is 0.156. The van der Waals surface area contributed by atoms with Crippen molar-refractivity contribution in [3.05, 3.63) is 53.6 Å². The Kier molecular flexibility index (Phi) is 3.44. The molecule has 2 rings (SSSR count). The van der Waals surface area contributed by atoms with Gasteiger partial charge in [0.1, 0.15) is 5.82 Å². The van der Waals surface area contributed by atoms with Crippen LogP contribution >= 0.6 is 0 Å². The molecule has 0 radical (unpaired) electrons. The van der Waals surface area contributed by atoms with Gasteiger partial charge in [-0.05, 0) is 12.1 Å². The molecule has 0 saturated carbocycles. The van der Waals surface area contributed by atoms with E-state index in [2.05, 4.69) is 4.98 Å². The van der Waals surface area contributed by atoms with Gasteiger partial charge in [-0.15, -0.1) is 0 Å². The van der Waals surface area contributed by atoms with Gasteiger partial charge in [0.25, 0.3) is 0 Å². The van der Waals surface area contributed by atoms with Crippen LogP contribution in [0.2, 0.25) is 0 Å². The molecule has 0 bridgehead atoms. The molecule has 0 aliphatic carbocycles. The molecule has 0 amide bonds. The zero-order chi connectivity index (χ0) is 14.9. The van der Waals surface area contributed by atoms with Gasteiger partial charge in [-0.3, -0.25) is 4.98 Å². The van der Waals surface area contributed by atoms with Crippen molar-refractivity contribution in [1.82, 2.24) is 4.98 Å². The van der Waals surface area contributed by atoms with E-state index in [9.17, 15) is 22.4 Å². The van der Waals surface area contributed by atoms with Gasteiger partial charge < -0.3 is 5.11 Å². The van der Waals surface area contributed by atoms with Gasteiger partial charge in [0, 0.05) is 23.5 Å². The summed E-state index contributed by atoms with van der Waals surface area (Å²) in [5, 5.41) is 8.96. The first-order valence-electron chi connectivity index (χ1n) is 5.35. The van der Waals surface area contributed by atoms with E-state index in [4.69, 9.17) is 5.11 Å². The first kappa shape index (κ1) is 14.0. The SMILES string of the molecule is O=C(O)c1cnccc1-c1cccc(C(F)(F)F)c1F. The largest absolute Gasteiger partial charge is 0.478 e. The molecule has 0 aliphatic heterocycles. The minimum atomic E-state index is -4.85. The lowest BCUT2D eigenvalue weighted by molar-refractivity contribution is -0.139. The number of nitrogens with zero attached hydrogens (tertiary/aromatic N) is 1. The molecule has 2 aromatic rings. The Hall–Kier alpha value is -2.44. The molecular weight excluding hydrogens is 278 g/mol. The molecule has 0 fully saturated rings. The van der Waals surface area contributed by atoms with Gasteiger partial charge in [0.15, 0.2) is 0 Å². The van der Waals surface area contributed by atoms with Crippen LogP contribution in [-0.4, -0.2) is 16.1 Å². The Bertz CT molecular complexity index is 668. The third-order valence-corrected chi connectivity index (χ3v) is 2.65. The molecule has 0 saturated heterocycles. The van der Waals surface area contributed by atoms with Gasteiger partial charge in [-0.1, -0.05) is 12.1 Å². The third-order valence-electron chi connectivity index (χ3n) is 2.65. The van der Waals surface area contributed by atoms with E-state index >= 15 is 0 Å². The smallest absolute Gasteiger partial charge is 0.419 e. The van der Waals surface area contributed by atoms with E-state index in [0.717, 1.165) is 24.4 Å². The molecule has 1 N–H and O–H groups in total. The summed E-state index contributed by atoms with van der Waals surface area (Å²) in [6.07, 6.45) is -2.71. The number of hydrogen-bond donors (Lipinski definition) is 1. The van der Waals surface area contributed by atoms with Crippen LogP contribution in [0.4, 0.5) is 17.6 Å². The Morgan fingerprint density at radius 1 is 1.15 bits per heavy atom.